The molecular formula is C19H31N3. The molecule has 3 heteroatoms. The molecule has 0 radical (unpaired) electrons. The third kappa shape index (κ3) is 3.81. The number of hydrogen-bond donors (Lipinski definition) is 1. The molecule has 3 nitrogen and oxygen atoms in total. The van der Waals surface area contributed by atoms with Crippen LogP contribution < -0.4 is 5.32 Å². The standard InChI is InChI=1S/C19H31N3/c1-15(2)14-22-13-7-11-18(22)17-10-6-12-20-19(17)21-16-8-4-3-5-9-16/h6,10,12,15-16,18H,3-5,7-9,11,13-14H2,1-2H3,(H,20,21)/t18-/m0/s1. The van der Waals surface area contributed by atoms with Crippen LogP contribution in [-0.2, 0) is 0 Å². The van der Waals surface area contributed by atoms with Crippen LogP contribution in [0.2, 0.25) is 0 Å². The van der Waals surface area contributed by atoms with E-state index in [1.165, 1.54) is 63.6 Å². The third-order valence-electron chi connectivity index (χ3n) is 5.11. The smallest absolute Gasteiger partial charge is 0.130 e. The summed E-state index contributed by atoms with van der Waals surface area (Å²) in [6.07, 6.45) is 11.3. The summed E-state index contributed by atoms with van der Waals surface area (Å²) >= 11 is 0. The summed E-state index contributed by atoms with van der Waals surface area (Å²) in [7, 11) is 0. The van der Waals surface area contributed by atoms with Gasteiger partial charge in [-0.1, -0.05) is 39.2 Å². The molecule has 1 N–H and O–H groups in total. The molecule has 3 rings (SSSR count). The van der Waals surface area contributed by atoms with Gasteiger partial charge in [0, 0.05) is 30.4 Å². The maximum absolute atomic E-state index is 4.69. The highest BCUT2D eigenvalue weighted by Gasteiger charge is 2.29. The fourth-order valence-corrected chi connectivity index (χ4v) is 4.11. The normalized spacial score (nSPS) is 24.0. The summed E-state index contributed by atoms with van der Waals surface area (Å²) in [4.78, 5) is 7.35. The van der Waals surface area contributed by atoms with Gasteiger partial charge in [-0.2, -0.15) is 0 Å². The third-order valence-corrected chi connectivity index (χ3v) is 5.11. The van der Waals surface area contributed by atoms with Crippen LogP contribution in [0.3, 0.4) is 0 Å². The van der Waals surface area contributed by atoms with E-state index in [0.717, 1.165) is 11.7 Å². The van der Waals surface area contributed by atoms with Crippen LogP contribution in [0.1, 0.15) is 70.4 Å². The van der Waals surface area contributed by atoms with E-state index in [1.54, 1.807) is 0 Å². The Labute approximate surface area is 135 Å². The fourth-order valence-electron chi connectivity index (χ4n) is 4.11. The summed E-state index contributed by atoms with van der Waals surface area (Å²) in [5, 5.41) is 3.76. The minimum Gasteiger partial charge on any atom is -0.367 e. The first-order valence-corrected chi connectivity index (χ1v) is 9.19. The summed E-state index contributed by atoms with van der Waals surface area (Å²) in [6.45, 7) is 7.07. The Kier molecular flexibility index (Phi) is 5.35. The first kappa shape index (κ1) is 15.8. The van der Waals surface area contributed by atoms with Crippen LogP contribution >= 0.6 is 0 Å². The van der Waals surface area contributed by atoms with Gasteiger partial charge in [0.05, 0.1) is 0 Å². The van der Waals surface area contributed by atoms with E-state index in [0.29, 0.717) is 12.1 Å². The Bertz CT molecular complexity index is 466. The molecule has 1 saturated carbocycles. The van der Waals surface area contributed by atoms with Crippen molar-refractivity contribution in [1.29, 1.82) is 0 Å². The number of nitrogens with zero attached hydrogens (tertiary/aromatic N) is 2. The van der Waals surface area contributed by atoms with Crippen LogP contribution in [0.5, 0.6) is 0 Å². The monoisotopic (exact) mass is 301 g/mol. The zero-order valence-corrected chi connectivity index (χ0v) is 14.2. The predicted octanol–water partition coefficient (Wildman–Crippen LogP) is 4.62. The maximum atomic E-state index is 4.69. The van der Waals surface area contributed by atoms with E-state index in [2.05, 4.69) is 36.2 Å². The SMILES string of the molecule is CC(C)CN1CCC[C@H]1c1cccnc1NC1CCCCC1. The molecule has 2 aliphatic rings. The maximum Gasteiger partial charge on any atom is 0.130 e. The van der Waals surface area contributed by atoms with Crippen LogP contribution in [0.25, 0.3) is 0 Å². The molecule has 1 aliphatic carbocycles. The van der Waals surface area contributed by atoms with Crippen LogP contribution in [0.15, 0.2) is 18.3 Å². The largest absolute Gasteiger partial charge is 0.367 e. The lowest BCUT2D eigenvalue weighted by atomic mass is 9.95. The van der Waals surface area contributed by atoms with Crippen molar-refractivity contribution in [2.45, 2.75) is 70.9 Å². The van der Waals surface area contributed by atoms with Gasteiger partial charge in [-0.25, -0.2) is 4.98 Å². The summed E-state index contributed by atoms with van der Waals surface area (Å²) < 4.78 is 0. The van der Waals surface area contributed by atoms with Crippen LogP contribution in [0, 0.1) is 5.92 Å². The number of aromatic nitrogens is 1. The molecule has 22 heavy (non-hydrogen) atoms. The minimum atomic E-state index is 0.558. The van der Waals surface area contributed by atoms with E-state index < -0.39 is 0 Å². The number of nitrogens with one attached hydrogen (secondary N) is 1. The highest BCUT2D eigenvalue weighted by molar-refractivity contribution is 5.47. The molecule has 0 unspecified atom stereocenters. The van der Waals surface area contributed by atoms with Gasteiger partial charge in [0.1, 0.15) is 5.82 Å². The van der Waals surface area contributed by atoms with Crippen LogP contribution in [0.4, 0.5) is 5.82 Å². The predicted molar refractivity (Wildman–Crippen MR) is 93.1 cm³/mol. The van der Waals surface area contributed by atoms with E-state index in [4.69, 9.17) is 4.98 Å². The van der Waals surface area contributed by atoms with E-state index in [1.807, 2.05) is 6.20 Å². The molecule has 0 amide bonds. The van der Waals surface area contributed by atoms with Crippen molar-refractivity contribution in [3.8, 4) is 0 Å². The highest BCUT2D eigenvalue weighted by atomic mass is 15.2. The topological polar surface area (TPSA) is 28.2 Å². The number of pyridine rings is 1. The highest BCUT2D eigenvalue weighted by Crippen LogP contribution is 2.36. The molecule has 1 aromatic rings. The lowest BCUT2D eigenvalue weighted by Crippen LogP contribution is -2.29. The van der Waals surface area contributed by atoms with Gasteiger partial charge in [-0.05, 0) is 44.2 Å². The molecule has 0 spiro atoms. The van der Waals surface area contributed by atoms with E-state index >= 15 is 0 Å². The molecule has 2 heterocycles. The zero-order valence-electron chi connectivity index (χ0n) is 14.2. The minimum absolute atomic E-state index is 0.558. The first-order chi connectivity index (χ1) is 10.7. The molecule has 1 saturated heterocycles. The lowest BCUT2D eigenvalue weighted by molar-refractivity contribution is 0.229. The number of anilines is 1. The Hall–Kier alpha value is -1.09. The van der Waals surface area contributed by atoms with E-state index in [-0.39, 0.29) is 0 Å². The molecule has 2 fully saturated rings. The van der Waals surface area contributed by atoms with Crippen molar-refractivity contribution in [2.24, 2.45) is 5.92 Å². The van der Waals surface area contributed by atoms with Crippen molar-refractivity contribution in [3.63, 3.8) is 0 Å². The van der Waals surface area contributed by atoms with Crippen molar-refractivity contribution >= 4 is 5.82 Å². The molecule has 0 bridgehead atoms. The fraction of sp³-hybridized carbons (Fsp3) is 0.737. The second-order valence-electron chi connectivity index (χ2n) is 7.47. The Balaban J connectivity index is 1.75. The average molecular weight is 301 g/mol. The van der Waals surface area contributed by atoms with Crippen molar-refractivity contribution in [2.75, 3.05) is 18.4 Å². The Morgan fingerprint density at radius 3 is 2.77 bits per heavy atom. The first-order valence-electron chi connectivity index (χ1n) is 9.19. The van der Waals surface area contributed by atoms with Gasteiger partial charge in [0.15, 0.2) is 0 Å². The van der Waals surface area contributed by atoms with Gasteiger partial charge in [0.2, 0.25) is 0 Å². The molecule has 122 valence electrons. The van der Waals surface area contributed by atoms with E-state index in [9.17, 15) is 0 Å². The van der Waals surface area contributed by atoms with Crippen molar-refractivity contribution < 1.29 is 0 Å². The lowest BCUT2D eigenvalue weighted by Gasteiger charge is -2.29. The number of rotatable bonds is 5. The average Bonchev–Trinajstić information content (AvgIpc) is 2.96. The zero-order chi connectivity index (χ0) is 15.4. The van der Waals surface area contributed by atoms with Gasteiger partial charge < -0.3 is 5.32 Å². The number of hydrogen-bond acceptors (Lipinski definition) is 3. The number of likely N-dealkylation sites (tertiary alicyclic amines) is 1. The molecule has 1 aliphatic heterocycles. The van der Waals surface area contributed by atoms with Gasteiger partial charge in [-0.3, -0.25) is 4.90 Å². The molecular weight excluding hydrogens is 270 g/mol. The van der Waals surface area contributed by atoms with Gasteiger partial charge >= 0.3 is 0 Å². The molecule has 0 aromatic carbocycles. The molecule has 1 aromatic heterocycles. The second-order valence-corrected chi connectivity index (χ2v) is 7.47. The van der Waals surface area contributed by atoms with Gasteiger partial charge in [-0.15, -0.1) is 0 Å². The second kappa shape index (κ2) is 7.45. The summed E-state index contributed by atoms with van der Waals surface area (Å²) in [5.74, 6) is 1.88. The molecule has 1 atom stereocenters. The van der Waals surface area contributed by atoms with Crippen molar-refractivity contribution in [1.82, 2.24) is 9.88 Å². The van der Waals surface area contributed by atoms with Gasteiger partial charge in [0.25, 0.3) is 0 Å². The summed E-state index contributed by atoms with van der Waals surface area (Å²) in [6, 6.07) is 5.58. The Morgan fingerprint density at radius 1 is 1.18 bits per heavy atom. The Morgan fingerprint density at radius 2 is 2.00 bits per heavy atom. The van der Waals surface area contributed by atoms with Crippen molar-refractivity contribution in [3.05, 3.63) is 23.9 Å². The quantitative estimate of drug-likeness (QED) is 0.860. The summed E-state index contributed by atoms with van der Waals surface area (Å²) in [5.41, 5.74) is 1.42. The van der Waals surface area contributed by atoms with Crippen LogP contribution in [-0.4, -0.2) is 29.0 Å².